The summed E-state index contributed by atoms with van der Waals surface area (Å²) in [6.45, 7) is 2.40. The predicted octanol–water partition coefficient (Wildman–Crippen LogP) is -0.272. The number of aliphatic hydroxyl groups is 1. The van der Waals surface area contributed by atoms with Gasteiger partial charge in [-0.05, 0) is 7.05 Å². The zero-order chi connectivity index (χ0) is 11.5. The molecule has 0 aromatic carbocycles. The largest absolute Gasteiger partial charge is 0.395 e. The van der Waals surface area contributed by atoms with E-state index in [9.17, 15) is 9.50 Å². The van der Waals surface area contributed by atoms with Gasteiger partial charge in [-0.25, -0.2) is 14.4 Å². The molecule has 0 radical (unpaired) electrons. The average Bonchev–Trinajstić information content (AvgIpc) is 2.31. The Balaban J connectivity index is 2.08. The Morgan fingerprint density at radius 1 is 1.44 bits per heavy atom. The van der Waals surface area contributed by atoms with E-state index in [-0.39, 0.29) is 12.6 Å². The molecule has 1 fully saturated rings. The Morgan fingerprint density at radius 2 is 2.12 bits per heavy atom. The van der Waals surface area contributed by atoms with E-state index in [1.54, 1.807) is 0 Å². The van der Waals surface area contributed by atoms with Crippen molar-refractivity contribution >= 4 is 5.95 Å². The number of aliphatic hydroxyl groups excluding tert-OH is 1. The minimum Gasteiger partial charge on any atom is -0.395 e. The van der Waals surface area contributed by atoms with Crippen molar-refractivity contribution in [1.82, 2.24) is 14.9 Å². The summed E-state index contributed by atoms with van der Waals surface area (Å²) in [5, 5.41) is 9.20. The monoisotopic (exact) mass is 226 g/mol. The van der Waals surface area contributed by atoms with Gasteiger partial charge in [0.2, 0.25) is 5.95 Å². The fraction of sp³-hybridized carbons (Fsp3) is 0.600. The molecule has 1 aliphatic heterocycles. The van der Waals surface area contributed by atoms with Crippen molar-refractivity contribution in [3.8, 4) is 0 Å². The lowest BCUT2D eigenvalue weighted by Crippen LogP contribution is -2.53. The summed E-state index contributed by atoms with van der Waals surface area (Å²) in [4.78, 5) is 11.9. The molecule has 0 amide bonds. The minimum absolute atomic E-state index is 0.0856. The number of likely N-dealkylation sites (N-methyl/N-ethyl adjacent to an activating group) is 1. The normalized spacial score (nSPS) is 22.4. The molecule has 1 N–H and O–H groups in total. The molecule has 16 heavy (non-hydrogen) atoms. The van der Waals surface area contributed by atoms with Crippen LogP contribution in [-0.2, 0) is 0 Å². The van der Waals surface area contributed by atoms with Crippen LogP contribution in [0.15, 0.2) is 12.4 Å². The number of hydrogen-bond donors (Lipinski definition) is 1. The summed E-state index contributed by atoms with van der Waals surface area (Å²) in [5.41, 5.74) is 0. The molecule has 1 aromatic rings. The molecule has 6 heteroatoms. The Morgan fingerprint density at radius 3 is 2.75 bits per heavy atom. The van der Waals surface area contributed by atoms with Crippen LogP contribution < -0.4 is 4.90 Å². The van der Waals surface area contributed by atoms with Crippen LogP contribution in [0.3, 0.4) is 0 Å². The van der Waals surface area contributed by atoms with Crippen LogP contribution in [0.4, 0.5) is 10.3 Å². The molecule has 0 aliphatic carbocycles. The SMILES string of the molecule is CN1CCN(c2ncc(F)cn2)C[C@@H]1CO. The molecule has 0 bridgehead atoms. The van der Waals surface area contributed by atoms with E-state index in [1.807, 2.05) is 11.9 Å². The van der Waals surface area contributed by atoms with E-state index in [2.05, 4.69) is 14.9 Å². The Hall–Kier alpha value is -1.27. The lowest BCUT2D eigenvalue weighted by Gasteiger charge is -2.38. The summed E-state index contributed by atoms with van der Waals surface area (Å²) in [6.07, 6.45) is 2.32. The van der Waals surface area contributed by atoms with Gasteiger partial charge >= 0.3 is 0 Å². The molecule has 2 heterocycles. The molecule has 1 atom stereocenters. The number of anilines is 1. The number of piperazine rings is 1. The molecular formula is C10H15FN4O. The number of rotatable bonds is 2. The first-order valence-electron chi connectivity index (χ1n) is 5.24. The fourth-order valence-corrected chi connectivity index (χ4v) is 1.79. The van der Waals surface area contributed by atoms with Gasteiger partial charge < -0.3 is 10.0 Å². The summed E-state index contributed by atoms with van der Waals surface area (Å²) in [6, 6.07) is 0.0856. The lowest BCUT2D eigenvalue weighted by atomic mass is 10.2. The molecule has 1 aliphatic rings. The maximum Gasteiger partial charge on any atom is 0.225 e. The molecule has 0 spiro atoms. The van der Waals surface area contributed by atoms with E-state index < -0.39 is 5.82 Å². The highest BCUT2D eigenvalue weighted by atomic mass is 19.1. The molecule has 0 unspecified atom stereocenters. The fourth-order valence-electron chi connectivity index (χ4n) is 1.79. The standard InChI is InChI=1S/C10H15FN4O/c1-14-2-3-15(6-9(14)7-16)10-12-4-8(11)5-13-10/h4-5,9,16H,2-3,6-7H2,1H3/t9-/m1/s1. The molecule has 5 nitrogen and oxygen atoms in total. The van der Waals surface area contributed by atoms with E-state index >= 15 is 0 Å². The Labute approximate surface area is 93.5 Å². The van der Waals surface area contributed by atoms with E-state index in [4.69, 9.17) is 0 Å². The van der Waals surface area contributed by atoms with Gasteiger partial charge in [0.1, 0.15) is 0 Å². The zero-order valence-corrected chi connectivity index (χ0v) is 9.17. The van der Waals surface area contributed by atoms with Crippen LogP contribution in [0.1, 0.15) is 0 Å². The van der Waals surface area contributed by atoms with Gasteiger partial charge in [-0.15, -0.1) is 0 Å². The molecule has 1 aromatic heterocycles. The number of aromatic nitrogens is 2. The van der Waals surface area contributed by atoms with Crippen LogP contribution in [-0.4, -0.2) is 59.3 Å². The first kappa shape index (κ1) is 11.2. The first-order chi connectivity index (χ1) is 7.70. The van der Waals surface area contributed by atoms with Gasteiger partial charge in [-0.3, -0.25) is 4.90 Å². The van der Waals surface area contributed by atoms with Crippen molar-refractivity contribution in [1.29, 1.82) is 0 Å². The van der Waals surface area contributed by atoms with E-state index in [0.717, 1.165) is 25.5 Å². The number of halogens is 1. The summed E-state index contributed by atoms with van der Waals surface area (Å²) in [7, 11) is 1.98. The van der Waals surface area contributed by atoms with Crippen molar-refractivity contribution < 1.29 is 9.50 Å². The molecular weight excluding hydrogens is 211 g/mol. The first-order valence-corrected chi connectivity index (χ1v) is 5.24. The van der Waals surface area contributed by atoms with E-state index in [1.165, 1.54) is 0 Å². The van der Waals surface area contributed by atoms with Gasteiger partial charge in [0.05, 0.1) is 25.0 Å². The van der Waals surface area contributed by atoms with Crippen molar-refractivity contribution in [3.05, 3.63) is 18.2 Å². The topological polar surface area (TPSA) is 52.5 Å². The van der Waals surface area contributed by atoms with Crippen LogP contribution in [0, 0.1) is 5.82 Å². The quantitative estimate of drug-likeness (QED) is 0.752. The van der Waals surface area contributed by atoms with Crippen molar-refractivity contribution in [2.45, 2.75) is 6.04 Å². The maximum absolute atomic E-state index is 12.7. The summed E-state index contributed by atoms with van der Waals surface area (Å²) >= 11 is 0. The summed E-state index contributed by atoms with van der Waals surface area (Å²) < 4.78 is 12.7. The smallest absolute Gasteiger partial charge is 0.225 e. The van der Waals surface area contributed by atoms with Crippen LogP contribution in [0.25, 0.3) is 0 Å². The van der Waals surface area contributed by atoms with Crippen LogP contribution in [0.5, 0.6) is 0 Å². The van der Waals surface area contributed by atoms with Gasteiger partial charge in [0.25, 0.3) is 0 Å². The highest BCUT2D eigenvalue weighted by Crippen LogP contribution is 2.13. The highest BCUT2D eigenvalue weighted by molar-refractivity contribution is 5.30. The molecule has 88 valence electrons. The van der Waals surface area contributed by atoms with Crippen molar-refractivity contribution in [2.75, 3.05) is 38.2 Å². The Kier molecular flexibility index (Phi) is 3.31. The van der Waals surface area contributed by atoms with Crippen molar-refractivity contribution in [2.24, 2.45) is 0 Å². The zero-order valence-electron chi connectivity index (χ0n) is 9.17. The second-order valence-electron chi connectivity index (χ2n) is 3.96. The highest BCUT2D eigenvalue weighted by Gasteiger charge is 2.24. The van der Waals surface area contributed by atoms with E-state index in [0.29, 0.717) is 12.5 Å². The van der Waals surface area contributed by atoms with Gasteiger partial charge in [-0.2, -0.15) is 0 Å². The Bertz CT molecular complexity index is 345. The third-order valence-electron chi connectivity index (χ3n) is 2.88. The molecule has 0 saturated carbocycles. The number of nitrogens with zero attached hydrogens (tertiary/aromatic N) is 4. The van der Waals surface area contributed by atoms with Gasteiger partial charge in [0, 0.05) is 19.6 Å². The molecule has 2 rings (SSSR count). The third-order valence-corrected chi connectivity index (χ3v) is 2.88. The van der Waals surface area contributed by atoms with Gasteiger partial charge in [0.15, 0.2) is 5.82 Å². The van der Waals surface area contributed by atoms with Crippen molar-refractivity contribution in [3.63, 3.8) is 0 Å². The molecule has 1 saturated heterocycles. The number of hydrogen-bond acceptors (Lipinski definition) is 5. The maximum atomic E-state index is 12.7. The van der Waals surface area contributed by atoms with Gasteiger partial charge in [-0.1, -0.05) is 0 Å². The third kappa shape index (κ3) is 2.28. The van der Waals surface area contributed by atoms with Crippen LogP contribution in [0.2, 0.25) is 0 Å². The van der Waals surface area contributed by atoms with Crippen LogP contribution >= 0.6 is 0 Å². The second-order valence-corrected chi connectivity index (χ2v) is 3.96. The minimum atomic E-state index is -0.434. The second kappa shape index (κ2) is 4.71. The average molecular weight is 226 g/mol. The summed E-state index contributed by atoms with van der Waals surface area (Å²) in [5.74, 6) is 0.0875. The predicted molar refractivity (Wildman–Crippen MR) is 57.7 cm³/mol. The lowest BCUT2D eigenvalue weighted by molar-refractivity contribution is 0.135.